The number of benzene rings is 2. The minimum absolute atomic E-state index is 0.0723. The lowest BCUT2D eigenvalue weighted by Gasteiger charge is -2.37. The molecule has 0 bridgehead atoms. The molecule has 1 saturated heterocycles. The van der Waals surface area contributed by atoms with E-state index in [1.54, 1.807) is 31.2 Å². The number of rotatable bonds is 6. The molecule has 7 heteroatoms. The van der Waals surface area contributed by atoms with E-state index < -0.39 is 0 Å². The summed E-state index contributed by atoms with van der Waals surface area (Å²) in [5.74, 6) is 0.603. The normalized spacial score (nSPS) is 14.9. The molecule has 1 heterocycles. The van der Waals surface area contributed by atoms with Gasteiger partial charge in [-0.05, 0) is 49.7 Å². The van der Waals surface area contributed by atoms with Crippen LogP contribution in [0.3, 0.4) is 0 Å². The third-order valence-electron chi connectivity index (χ3n) is 5.30. The molecule has 30 heavy (non-hydrogen) atoms. The predicted octanol–water partition coefficient (Wildman–Crippen LogP) is 4.44. The summed E-state index contributed by atoms with van der Waals surface area (Å²) in [6, 6.07) is 12.6. The number of hydrogen-bond acceptors (Lipinski definition) is 4. The first-order chi connectivity index (χ1) is 14.4. The van der Waals surface area contributed by atoms with Crippen LogP contribution in [0.4, 0.5) is 11.4 Å². The van der Waals surface area contributed by atoms with Crippen LogP contribution in [0.2, 0.25) is 5.02 Å². The van der Waals surface area contributed by atoms with Crippen molar-refractivity contribution in [1.82, 2.24) is 4.90 Å². The maximum absolute atomic E-state index is 12.8. The van der Waals surface area contributed by atoms with Crippen molar-refractivity contribution in [3.05, 3.63) is 53.1 Å². The lowest BCUT2D eigenvalue weighted by atomic mass is 10.1. The standard InChI is InChI=1S/C23H28ClN3O3/c1-4-16(2)30-19-10-8-18(9-11-19)23(29)25-21-7-5-6-20(24)22(21)27-14-12-26(13-15-27)17(3)28/h5-11,16H,4,12-15H2,1-3H3,(H,25,29)/t16-/m1/s1. The van der Waals surface area contributed by atoms with E-state index in [1.165, 1.54) is 0 Å². The molecule has 0 unspecified atom stereocenters. The van der Waals surface area contributed by atoms with E-state index in [4.69, 9.17) is 16.3 Å². The number of nitrogens with zero attached hydrogens (tertiary/aromatic N) is 2. The minimum Gasteiger partial charge on any atom is -0.491 e. The zero-order valence-electron chi connectivity index (χ0n) is 17.7. The number of nitrogens with one attached hydrogen (secondary N) is 1. The van der Waals surface area contributed by atoms with E-state index in [1.807, 2.05) is 30.0 Å². The largest absolute Gasteiger partial charge is 0.491 e. The van der Waals surface area contributed by atoms with Crippen LogP contribution >= 0.6 is 11.6 Å². The molecule has 1 N–H and O–H groups in total. The Morgan fingerprint density at radius 2 is 1.77 bits per heavy atom. The van der Waals surface area contributed by atoms with Gasteiger partial charge in [0.2, 0.25) is 5.91 Å². The first kappa shape index (κ1) is 22.0. The van der Waals surface area contributed by atoms with Gasteiger partial charge in [-0.2, -0.15) is 0 Å². The second-order valence-corrected chi connectivity index (χ2v) is 7.85. The molecule has 1 aliphatic heterocycles. The topological polar surface area (TPSA) is 61.9 Å². The molecule has 0 aliphatic carbocycles. The van der Waals surface area contributed by atoms with E-state index in [9.17, 15) is 9.59 Å². The fraction of sp³-hybridized carbons (Fsp3) is 0.391. The molecular formula is C23H28ClN3O3. The molecule has 2 amide bonds. The monoisotopic (exact) mass is 429 g/mol. The fourth-order valence-corrected chi connectivity index (χ4v) is 3.67. The molecule has 1 atom stereocenters. The van der Waals surface area contributed by atoms with E-state index in [2.05, 4.69) is 17.1 Å². The molecule has 6 nitrogen and oxygen atoms in total. The molecule has 0 spiro atoms. The number of ether oxygens (including phenoxy) is 1. The summed E-state index contributed by atoms with van der Waals surface area (Å²) >= 11 is 6.48. The van der Waals surface area contributed by atoms with E-state index >= 15 is 0 Å². The van der Waals surface area contributed by atoms with Crippen molar-refractivity contribution in [2.24, 2.45) is 0 Å². The Labute approximate surface area is 182 Å². The van der Waals surface area contributed by atoms with Gasteiger partial charge >= 0.3 is 0 Å². The molecule has 3 rings (SSSR count). The van der Waals surface area contributed by atoms with Crippen LogP contribution in [0.5, 0.6) is 5.75 Å². The Hall–Kier alpha value is -2.73. The smallest absolute Gasteiger partial charge is 0.255 e. The minimum atomic E-state index is -0.212. The first-order valence-corrected chi connectivity index (χ1v) is 10.6. The zero-order chi connectivity index (χ0) is 21.7. The first-order valence-electron chi connectivity index (χ1n) is 10.3. The third kappa shape index (κ3) is 5.25. The summed E-state index contributed by atoms with van der Waals surface area (Å²) in [6.45, 7) is 8.24. The average molecular weight is 430 g/mol. The summed E-state index contributed by atoms with van der Waals surface area (Å²) in [7, 11) is 0. The molecule has 1 fully saturated rings. The molecule has 0 aromatic heterocycles. The van der Waals surface area contributed by atoms with Crippen molar-refractivity contribution >= 4 is 34.8 Å². The quantitative estimate of drug-likeness (QED) is 0.737. The van der Waals surface area contributed by atoms with Crippen molar-refractivity contribution in [3.63, 3.8) is 0 Å². The van der Waals surface area contributed by atoms with E-state index in [-0.39, 0.29) is 17.9 Å². The zero-order valence-corrected chi connectivity index (χ0v) is 18.4. The van der Waals surface area contributed by atoms with Crippen molar-refractivity contribution in [2.75, 3.05) is 36.4 Å². The van der Waals surface area contributed by atoms with Crippen LogP contribution in [0.1, 0.15) is 37.6 Å². The van der Waals surface area contributed by atoms with Gasteiger partial charge < -0.3 is 19.9 Å². The molecular weight excluding hydrogens is 402 g/mol. The number of hydrogen-bond donors (Lipinski definition) is 1. The Balaban J connectivity index is 1.73. The predicted molar refractivity (Wildman–Crippen MR) is 121 cm³/mol. The van der Waals surface area contributed by atoms with Gasteiger partial charge in [0.25, 0.3) is 5.91 Å². The van der Waals surface area contributed by atoms with Crippen LogP contribution in [-0.4, -0.2) is 49.0 Å². The maximum Gasteiger partial charge on any atom is 0.255 e. The second-order valence-electron chi connectivity index (χ2n) is 7.44. The Kier molecular flexibility index (Phi) is 7.21. The highest BCUT2D eigenvalue weighted by Gasteiger charge is 2.23. The lowest BCUT2D eigenvalue weighted by Crippen LogP contribution is -2.48. The second kappa shape index (κ2) is 9.85. The summed E-state index contributed by atoms with van der Waals surface area (Å²) in [6.07, 6.45) is 1.04. The Morgan fingerprint density at radius 1 is 1.10 bits per heavy atom. The highest BCUT2D eigenvalue weighted by Crippen LogP contribution is 2.35. The number of halogens is 1. The van der Waals surface area contributed by atoms with Gasteiger partial charge in [-0.3, -0.25) is 9.59 Å². The van der Waals surface area contributed by atoms with Gasteiger partial charge in [-0.25, -0.2) is 0 Å². The van der Waals surface area contributed by atoms with Crippen LogP contribution < -0.4 is 15.0 Å². The lowest BCUT2D eigenvalue weighted by molar-refractivity contribution is -0.129. The average Bonchev–Trinajstić information content (AvgIpc) is 2.74. The number of anilines is 2. The van der Waals surface area contributed by atoms with Crippen molar-refractivity contribution in [3.8, 4) is 5.75 Å². The van der Waals surface area contributed by atoms with Crippen molar-refractivity contribution in [1.29, 1.82) is 0 Å². The molecule has 160 valence electrons. The number of carbonyl (C=O) groups excluding carboxylic acids is 2. The van der Waals surface area contributed by atoms with Crippen molar-refractivity contribution < 1.29 is 14.3 Å². The van der Waals surface area contributed by atoms with Gasteiger partial charge in [0.1, 0.15) is 5.75 Å². The number of piperazine rings is 1. The Morgan fingerprint density at radius 3 is 2.37 bits per heavy atom. The number of carbonyl (C=O) groups is 2. The third-order valence-corrected chi connectivity index (χ3v) is 5.61. The summed E-state index contributed by atoms with van der Waals surface area (Å²) in [5, 5.41) is 3.55. The fourth-order valence-electron chi connectivity index (χ4n) is 3.38. The van der Waals surface area contributed by atoms with Gasteiger partial charge in [0.15, 0.2) is 0 Å². The number of amides is 2. The number of para-hydroxylation sites is 1. The van der Waals surface area contributed by atoms with E-state index in [0.717, 1.165) is 17.9 Å². The summed E-state index contributed by atoms with van der Waals surface area (Å²) < 4.78 is 5.77. The van der Waals surface area contributed by atoms with Crippen LogP contribution in [0.25, 0.3) is 0 Å². The highest BCUT2D eigenvalue weighted by molar-refractivity contribution is 6.34. The maximum atomic E-state index is 12.8. The summed E-state index contributed by atoms with van der Waals surface area (Å²) in [5.41, 5.74) is 1.98. The van der Waals surface area contributed by atoms with Gasteiger partial charge in [-0.15, -0.1) is 0 Å². The van der Waals surface area contributed by atoms with Crippen LogP contribution in [0.15, 0.2) is 42.5 Å². The molecule has 2 aromatic rings. The van der Waals surface area contributed by atoms with Gasteiger partial charge in [0, 0.05) is 38.7 Å². The van der Waals surface area contributed by atoms with Gasteiger partial charge in [0.05, 0.1) is 22.5 Å². The van der Waals surface area contributed by atoms with Crippen molar-refractivity contribution in [2.45, 2.75) is 33.3 Å². The SMILES string of the molecule is CC[C@@H](C)Oc1ccc(C(=O)Nc2cccc(Cl)c2N2CCN(C(C)=O)CC2)cc1. The van der Waals surface area contributed by atoms with E-state index in [0.29, 0.717) is 42.5 Å². The Bertz CT molecular complexity index is 893. The molecule has 2 aromatic carbocycles. The highest BCUT2D eigenvalue weighted by atomic mass is 35.5. The van der Waals surface area contributed by atoms with Crippen LogP contribution in [0, 0.1) is 0 Å². The molecule has 1 aliphatic rings. The van der Waals surface area contributed by atoms with Gasteiger partial charge in [-0.1, -0.05) is 24.6 Å². The van der Waals surface area contributed by atoms with Crippen LogP contribution in [-0.2, 0) is 4.79 Å². The molecule has 0 radical (unpaired) electrons. The molecule has 0 saturated carbocycles. The summed E-state index contributed by atoms with van der Waals surface area (Å²) in [4.78, 5) is 28.3.